The zero-order valence-corrected chi connectivity index (χ0v) is 8.55. The average Bonchev–Trinajstić information content (AvgIpc) is 2.39. The molecule has 0 bridgehead atoms. The Labute approximate surface area is 86.5 Å². The van der Waals surface area contributed by atoms with Crippen LogP contribution in [0.5, 0.6) is 0 Å². The van der Waals surface area contributed by atoms with Crippen molar-refractivity contribution in [2.24, 2.45) is 0 Å². The highest BCUT2D eigenvalue weighted by atomic mass is 19.3. The molecule has 1 heterocycles. The van der Waals surface area contributed by atoms with E-state index in [9.17, 15) is 13.6 Å². The van der Waals surface area contributed by atoms with Crippen LogP contribution in [0, 0.1) is 6.92 Å². The van der Waals surface area contributed by atoms with Crippen LogP contribution in [-0.4, -0.2) is 12.5 Å². The van der Waals surface area contributed by atoms with Gasteiger partial charge in [0.25, 0.3) is 5.92 Å². The smallest absolute Gasteiger partial charge is 0.293 e. The zero-order chi connectivity index (χ0) is 11.2. The molecule has 1 amide bonds. The molecule has 0 N–H and O–H groups in total. The van der Waals surface area contributed by atoms with Gasteiger partial charge in [-0.3, -0.25) is 4.79 Å². The van der Waals surface area contributed by atoms with E-state index in [2.05, 4.69) is 0 Å². The van der Waals surface area contributed by atoms with Crippen molar-refractivity contribution in [2.75, 3.05) is 11.4 Å². The highest BCUT2D eigenvalue weighted by Gasteiger charge is 2.45. The van der Waals surface area contributed by atoms with E-state index in [1.807, 2.05) is 0 Å². The molecule has 0 aliphatic carbocycles. The molecule has 0 fully saturated rings. The molecule has 0 saturated carbocycles. The molecule has 4 heteroatoms. The van der Waals surface area contributed by atoms with Crippen LogP contribution in [0.1, 0.15) is 18.1 Å². The molecule has 0 spiro atoms. The molecule has 0 atom stereocenters. The predicted octanol–water partition coefficient (Wildman–Crippen LogP) is 2.45. The Morgan fingerprint density at radius 1 is 1.47 bits per heavy atom. The van der Waals surface area contributed by atoms with Gasteiger partial charge in [0.15, 0.2) is 0 Å². The highest BCUT2D eigenvalue weighted by molar-refractivity contribution is 5.94. The number of aryl methyl sites for hydroxylation is 1. The van der Waals surface area contributed by atoms with Gasteiger partial charge in [-0.25, -0.2) is 0 Å². The number of benzene rings is 1. The standard InChI is InChI=1S/C11H11F2NO/c1-7-4-3-5-9-10(7)11(12,13)6-14(9)8(2)15/h3-5H,6H2,1-2H3. The fraction of sp³-hybridized carbons (Fsp3) is 0.364. The number of alkyl halides is 2. The molecule has 1 aromatic rings. The monoisotopic (exact) mass is 211 g/mol. The molecule has 2 rings (SSSR count). The van der Waals surface area contributed by atoms with Crippen molar-refractivity contribution in [1.82, 2.24) is 0 Å². The molecule has 0 aromatic heterocycles. The third kappa shape index (κ3) is 1.40. The number of fused-ring (bicyclic) bond motifs is 1. The normalized spacial score (nSPS) is 17.7. The van der Waals surface area contributed by atoms with Gasteiger partial charge in [-0.2, -0.15) is 8.78 Å². The van der Waals surface area contributed by atoms with Crippen molar-refractivity contribution < 1.29 is 13.6 Å². The maximum absolute atomic E-state index is 13.6. The van der Waals surface area contributed by atoms with Crippen molar-refractivity contribution in [1.29, 1.82) is 0 Å². The predicted molar refractivity (Wildman–Crippen MR) is 53.1 cm³/mol. The number of halogens is 2. The van der Waals surface area contributed by atoms with Crippen molar-refractivity contribution in [2.45, 2.75) is 19.8 Å². The SMILES string of the molecule is CC(=O)N1CC(F)(F)c2c(C)cccc21. The Balaban J connectivity index is 2.63. The molecular formula is C11H11F2NO. The summed E-state index contributed by atoms with van der Waals surface area (Å²) in [5.41, 5.74) is 0.856. The van der Waals surface area contributed by atoms with Gasteiger partial charge < -0.3 is 4.90 Å². The van der Waals surface area contributed by atoms with E-state index in [1.54, 1.807) is 25.1 Å². The molecule has 0 unspecified atom stereocenters. The Morgan fingerprint density at radius 3 is 2.73 bits per heavy atom. The molecule has 0 saturated heterocycles. The molecule has 0 radical (unpaired) electrons. The fourth-order valence-electron chi connectivity index (χ4n) is 2.00. The summed E-state index contributed by atoms with van der Waals surface area (Å²) in [4.78, 5) is 12.3. The first-order chi connectivity index (χ1) is 6.93. The Kier molecular flexibility index (Phi) is 2.03. The lowest BCUT2D eigenvalue weighted by Gasteiger charge is -2.14. The summed E-state index contributed by atoms with van der Waals surface area (Å²) in [5, 5.41) is 0. The van der Waals surface area contributed by atoms with Gasteiger partial charge >= 0.3 is 0 Å². The number of hydrogen-bond donors (Lipinski definition) is 0. The average molecular weight is 211 g/mol. The van der Waals surface area contributed by atoms with Crippen LogP contribution < -0.4 is 4.90 Å². The van der Waals surface area contributed by atoms with Crippen LogP contribution in [0.25, 0.3) is 0 Å². The number of nitrogens with zero attached hydrogens (tertiary/aromatic N) is 1. The second-order valence-corrected chi connectivity index (χ2v) is 3.78. The summed E-state index contributed by atoms with van der Waals surface area (Å²) >= 11 is 0. The first-order valence-electron chi connectivity index (χ1n) is 4.69. The summed E-state index contributed by atoms with van der Waals surface area (Å²) in [5.74, 6) is -3.27. The van der Waals surface area contributed by atoms with E-state index in [0.29, 0.717) is 11.3 Å². The van der Waals surface area contributed by atoms with Crippen LogP contribution in [0.4, 0.5) is 14.5 Å². The molecule has 15 heavy (non-hydrogen) atoms. The molecule has 2 nitrogen and oxygen atoms in total. The minimum Gasteiger partial charge on any atom is -0.306 e. The van der Waals surface area contributed by atoms with Gasteiger partial charge in [-0.05, 0) is 18.6 Å². The largest absolute Gasteiger partial charge is 0.306 e. The Bertz CT molecular complexity index is 429. The molecular weight excluding hydrogens is 200 g/mol. The van der Waals surface area contributed by atoms with Crippen molar-refractivity contribution in [3.05, 3.63) is 29.3 Å². The van der Waals surface area contributed by atoms with Crippen LogP contribution in [0.2, 0.25) is 0 Å². The van der Waals surface area contributed by atoms with E-state index in [4.69, 9.17) is 0 Å². The lowest BCUT2D eigenvalue weighted by atomic mass is 10.0. The maximum Gasteiger partial charge on any atom is 0.293 e. The molecule has 1 aliphatic rings. The minimum absolute atomic E-state index is 0.0137. The summed E-state index contributed by atoms with van der Waals surface area (Å²) in [6.07, 6.45) is 0. The minimum atomic E-state index is -2.92. The summed E-state index contributed by atoms with van der Waals surface area (Å²) < 4.78 is 27.2. The topological polar surface area (TPSA) is 20.3 Å². The second-order valence-electron chi connectivity index (χ2n) is 3.78. The summed E-state index contributed by atoms with van der Waals surface area (Å²) in [6.45, 7) is 2.40. The van der Waals surface area contributed by atoms with Gasteiger partial charge in [0.1, 0.15) is 0 Å². The van der Waals surface area contributed by atoms with Crippen LogP contribution >= 0.6 is 0 Å². The summed E-state index contributed by atoms with van der Waals surface area (Å²) in [6, 6.07) is 4.88. The number of anilines is 1. The number of hydrogen-bond acceptors (Lipinski definition) is 1. The molecule has 80 valence electrons. The van der Waals surface area contributed by atoms with Gasteiger partial charge in [0.05, 0.1) is 12.2 Å². The Morgan fingerprint density at radius 2 is 2.13 bits per heavy atom. The second kappa shape index (κ2) is 3.02. The van der Waals surface area contributed by atoms with Crippen LogP contribution in [0.3, 0.4) is 0 Å². The summed E-state index contributed by atoms with van der Waals surface area (Å²) in [7, 11) is 0. The number of carbonyl (C=O) groups is 1. The van der Waals surface area contributed by atoms with Gasteiger partial charge in [0, 0.05) is 12.5 Å². The molecule has 1 aliphatic heterocycles. The van der Waals surface area contributed by atoms with E-state index >= 15 is 0 Å². The lowest BCUT2D eigenvalue weighted by Crippen LogP contribution is -2.30. The third-order valence-electron chi connectivity index (χ3n) is 2.64. The van der Waals surface area contributed by atoms with Gasteiger partial charge in [0.2, 0.25) is 5.91 Å². The van der Waals surface area contributed by atoms with Gasteiger partial charge in [-0.1, -0.05) is 12.1 Å². The van der Waals surface area contributed by atoms with Crippen molar-refractivity contribution >= 4 is 11.6 Å². The Hall–Kier alpha value is -1.45. The quantitative estimate of drug-likeness (QED) is 0.645. The zero-order valence-electron chi connectivity index (χ0n) is 8.55. The van der Waals surface area contributed by atoms with E-state index in [1.165, 1.54) is 6.92 Å². The van der Waals surface area contributed by atoms with E-state index in [-0.39, 0.29) is 11.5 Å². The fourth-order valence-corrected chi connectivity index (χ4v) is 2.00. The van der Waals surface area contributed by atoms with E-state index < -0.39 is 12.5 Å². The first-order valence-corrected chi connectivity index (χ1v) is 4.69. The third-order valence-corrected chi connectivity index (χ3v) is 2.64. The number of carbonyl (C=O) groups excluding carboxylic acids is 1. The number of rotatable bonds is 0. The molecule has 1 aromatic carbocycles. The lowest BCUT2D eigenvalue weighted by molar-refractivity contribution is -0.117. The van der Waals surface area contributed by atoms with Crippen molar-refractivity contribution in [3.63, 3.8) is 0 Å². The van der Waals surface area contributed by atoms with Crippen molar-refractivity contribution in [3.8, 4) is 0 Å². The van der Waals surface area contributed by atoms with Crippen LogP contribution in [-0.2, 0) is 10.7 Å². The number of amides is 1. The van der Waals surface area contributed by atoms with Gasteiger partial charge in [-0.15, -0.1) is 0 Å². The highest BCUT2D eigenvalue weighted by Crippen LogP contribution is 2.44. The first kappa shape index (κ1) is 10.1. The maximum atomic E-state index is 13.6. The van der Waals surface area contributed by atoms with E-state index in [0.717, 1.165) is 4.90 Å². The van der Waals surface area contributed by atoms with Crippen LogP contribution in [0.15, 0.2) is 18.2 Å².